The van der Waals surface area contributed by atoms with Gasteiger partial charge < -0.3 is 29.2 Å². The van der Waals surface area contributed by atoms with Gasteiger partial charge in [0.25, 0.3) is 5.91 Å². The number of benzene rings is 1. The fourth-order valence-corrected chi connectivity index (χ4v) is 3.27. The molecule has 1 fully saturated rings. The molecular formula is C21H28N4O7. The van der Waals surface area contributed by atoms with Gasteiger partial charge in [0.15, 0.2) is 6.61 Å². The fourth-order valence-electron chi connectivity index (χ4n) is 3.27. The van der Waals surface area contributed by atoms with E-state index in [-0.39, 0.29) is 24.5 Å². The normalized spacial score (nSPS) is 16.0. The van der Waals surface area contributed by atoms with Crippen LogP contribution in [-0.2, 0) is 23.9 Å². The van der Waals surface area contributed by atoms with Crippen molar-refractivity contribution in [2.45, 2.75) is 26.7 Å². The lowest BCUT2D eigenvalue weighted by Crippen LogP contribution is -2.36. The highest BCUT2D eigenvalue weighted by atomic mass is 16.5. The Kier molecular flexibility index (Phi) is 8.26. The van der Waals surface area contributed by atoms with E-state index >= 15 is 0 Å². The predicted octanol–water partition coefficient (Wildman–Crippen LogP) is 1.07. The van der Waals surface area contributed by atoms with Gasteiger partial charge in [-0.25, -0.2) is 10.2 Å². The van der Waals surface area contributed by atoms with Gasteiger partial charge in [-0.05, 0) is 13.8 Å². The summed E-state index contributed by atoms with van der Waals surface area (Å²) in [5.41, 5.74) is 3.56. The first-order valence-electron chi connectivity index (χ1n) is 10.6. The highest BCUT2D eigenvalue weighted by Gasteiger charge is 2.22. The monoisotopic (exact) mass is 448 g/mol. The van der Waals surface area contributed by atoms with Crippen LogP contribution in [-0.4, -0.2) is 69.6 Å². The van der Waals surface area contributed by atoms with Crippen molar-refractivity contribution in [2.75, 3.05) is 56.3 Å². The van der Waals surface area contributed by atoms with Crippen LogP contribution < -0.4 is 25.1 Å². The summed E-state index contributed by atoms with van der Waals surface area (Å²) in [7, 11) is 0. The first-order chi connectivity index (χ1) is 15.5. The Hall–Kier alpha value is -3.34. The lowest BCUT2D eigenvalue weighted by atomic mass is 10.2. The van der Waals surface area contributed by atoms with Crippen LogP contribution in [0, 0.1) is 0 Å². The molecule has 2 amide bonds. The van der Waals surface area contributed by atoms with E-state index in [0.29, 0.717) is 43.6 Å². The number of hydrazone groups is 1. The molecule has 11 nitrogen and oxygen atoms in total. The third-order valence-electron chi connectivity index (χ3n) is 4.76. The second-order valence-electron chi connectivity index (χ2n) is 7.00. The van der Waals surface area contributed by atoms with Crippen molar-refractivity contribution in [2.24, 2.45) is 5.10 Å². The minimum absolute atomic E-state index is 0.0703. The second-order valence-corrected chi connectivity index (χ2v) is 7.00. The zero-order valence-electron chi connectivity index (χ0n) is 18.3. The Labute approximate surface area is 186 Å². The summed E-state index contributed by atoms with van der Waals surface area (Å²) in [6, 6.07) is 3.54. The first-order valence-corrected chi connectivity index (χ1v) is 10.6. The Balaban J connectivity index is 1.70. The van der Waals surface area contributed by atoms with E-state index in [1.54, 1.807) is 6.07 Å². The van der Waals surface area contributed by atoms with Gasteiger partial charge in [0.1, 0.15) is 17.2 Å². The number of rotatable bonds is 9. The molecule has 0 saturated carbocycles. The van der Waals surface area contributed by atoms with Crippen molar-refractivity contribution >= 4 is 34.9 Å². The van der Waals surface area contributed by atoms with Gasteiger partial charge >= 0.3 is 5.97 Å². The van der Waals surface area contributed by atoms with Gasteiger partial charge in [-0.15, -0.1) is 0 Å². The van der Waals surface area contributed by atoms with Gasteiger partial charge in [0.05, 0.1) is 37.8 Å². The average molecular weight is 448 g/mol. The Morgan fingerprint density at radius 1 is 1.12 bits per heavy atom. The summed E-state index contributed by atoms with van der Waals surface area (Å²) in [5, 5.41) is 6.37. The minimum Gasteiger partial charge on any atom is -0.492 e. The number of ether oxygens (including phenoxy) is 4. The maximum atomic E-state index is 12.4. The van der Waals surface area contributed by atoms with Crippen molar-refractivity contribution in [3.63, 3.8) is 0 Å². The van der Waals surface area contributed by atoms with E-state index in [0.717, 1.165) is 18.8 Å². The molecule has 32 heavy (non-hydrogen) atoms. The highest BCUT2D eigenvalue weighted by molar-refractivity contribution is 6.37. The molecule has 0 unspecified atom stereocenters. The molecule has 0 aromatic heterocycles. The number of carbonyl (C=O) groups is 3. The number of esters is 1. The second kappa shape index (κ2) is 11.3. The molecule has 2 N–H and O–H groups in total. The van der Waals surface area contributed by atoms with Gasteiger partial charge in [0, 0.05) is 38.1 Å². The van der Waals surface area contributed by atoms with Gasteiger partial charge in [-0.3, -0.25) is 9.59 Å². The van der Waals surface area contributed by atoms with E-state index in [4.69, 9.17) is 18.9 Å². The van der Waals surface area contributed by atoms with Crippen LogP contribution >= 0.6 is 0 Å². The molecule has 2 aliphatic heterocycles. The summed E-state index contributed by atoms with van der Waals surface area (Å²) in [6.45, 7) is 6.76. The third-order valence-corrected chi connectivity index (χ3v) is 4.76. The van der Waals surface area contributed by atoms with E-state index in [1.807, 2.05) is 19.9 Å². The molecule has 11 heteroatoms. The van der Waals surface area contributed by atoms with E-state index in [9.17, 15) is 14.4 Å². The summed E-state index contributed by atoms with van der Waals surface area (Å²) in [5.74, 6) is -0.466. The third kappa shape index (κ3) is 6.10. The maximum absolute atomic E-state index is 12.4. The smallest absolute Gasteiger partial charge is 0.355 e. The van der Waals surface area contributed by atoms with Crippen LogP contribution in [0.3, 0.4) is 0 Å². The topological polar surface area (TPSA) is 128 Å². The zero-order valence-corrected chi connectivity index (χ0v) is 18.3. The quantitative estimate of drug-likeness (QED) is 0.537. The number of hydrogen-bond donors (Lipinski definition) is 2. The number of carbonyl (C=O) groups excluding carboxylic acids is 3. The SMILES string of the molecule is CCOc1cc(N2CCOCC2)c(OCC)cc1NC(=O)COC(=O)C1=NNC(=O)CC1. The summed E-state index contributed by atoms with van der Waals surface area (Å²) in [6.07, 6.45) is 0.315. The molecule has 1 aromatic rings. The molecule has 2 aliphatic rings. The average Bonchev–Trinajstić information content (AvgIpc) is 2.80. The van der Waals surface area contributed by atoms with Crippen molar-refractivity contribution in [1.29, 1.82) is 0 Å². The molecule has 0 spiro atoms. The molecule has 0 radical (unpaired) electrons. The van der Waals surface area contributed by atoms with Crippen molar-refractivity contribution < 1.29 is 33.3 Å². The lowest BCUT2D eigenvalue weighted by molar-refractivity contribution is -0.140. The Morgan fingerprint density at radius 3 is 2.50 bits per heavy atom. The van der Waals surface area contributed by atoms with Crippen LogP contribution in [0.15, 0.2) is 17.2 Å². The van der Waals surface area contributed by atoms with E-state index < -0.39 is 18.5 Å². The van der Waals surface area contributed by atoms with E-state index in [2.05, 4.69) is 20.7 Å². The van der Waals surface area contributed by atoms with Crippen LogP contribution in [0.5, 0.6) is 11.5 Å². The predicted molar refractivity (Wildman–Crippen MR) is 116 cm³/mol. The molecule has 0 bridgehead atoms. The number of nitrogens with zero attached hydrogens (tertiary/aromatic N) is 2. The number of anilines is 2. The number of hydrogen-bond acceptors (Lipinski definition) is 9. The van der Waals surface area contributed by atoms with Gasteiger partial charge in [-0.2, -0.15) is 5.10 Å². The standard InChI is InChI=1S/C21H28N4O7/c1-3-30-17-12-16(25-7-9-29-10-8-25)18(31-4-2)11-15(17)22-20(27)13-32-21(28)14-5-6-19(26)24-23-14/h11-12H,3-10,13H2,1-2H3,(H,22,27)(H,24,26). The number of nitrogens with one attached hydrogen (secondary N) is 2. The number of amides is 2. The molecule has 174 valence electrons. The molecule has 0 atom stereocenters. The molecule has 3 rings (SSSR count). The maximum Gasteiger partial charge on any atom is 0.355 e. The van der Waals surface area contributed by atoms with Gasteiger partial charge in [0.2, 0.25) is 5.91 Å². The largest absolute Gasteiger partial charge is 0.492 e. The Morgan fingerprint density at radius 2 is 1.84 bits per heavy atom. The first kappa shape index (κ1) is 23.3. The van der Waals surface area contributed by atoms with Crippen molar-refractivity contribution in [1.82, 2.24) is 5.43 Å². The van der Waals surface area contributed by atoms with Gasteiger partial charge in [-0.1, -0.05) is 0 Å². The lowest BCUT2D eigenvalue weighted by Gasteiger charge is -2.31. The zero-order chi connectivity index (χ0) is 22.9. The van der Waals surface area contributed by atoms with Crippen molar-refractivity contribution in [3.8, 4) is 11.5 Å². The highest BCUT2D eigenvalue weighted by Crippen LogP contribution is 2.39. The molecule has 1 aromatic carbocycles. The summed E-state index contributed by atoms with van der Waals surface area (Å²) in [4.78, 5) is 37.8. The Bertz CT molecular complexity index is 881. The number of morpholine rings is 1. The minimum atomic E-state index is -0.747. The fraction of sp³-hybridized carbons (Fsp3) is 0.524. The van der Waals surface area contributed by atoms with Crippen LogP contribution in [0.4, 0.5) is 11.4 Å². The summed E-state index contributed by atoms with van der Waals surface area (Å²) < 4.78 is 22.0. The van der Waals surface area contributed by atoms with Crippen LogP contribution in [0.2, 0.25) is 0 Å². The molecule has 0 aliphatic carbocycles. The van der Waals surface area contributed by atoms with Crippen LogP contribution in [0.25, 0.3) is 0 Å². The molecule has 2 heterocycles. The molecular weight excluding hydrogens is 420 g/mol. The molecule has 1 saturated heterocycles. The van der Waals surface area contributed by atoms with Crippen molar-refractivity contribution in [3.05, 3.63) is 12.1 Å². The van der Waals surface area contributed by atoms with Crippen LogP contribution in [0.1, 0.15) is 26.7 Å². The summed E-state index contributed by atoms with van der Waals surface area (Å²) >= 11 is 0. The van der Waals surface area contributed by atoms with E-state index in [1.165, 1.54) is 0 Å².